The molecule has 0 aromatic carbocycles. The van der Waals surface area contributed by atoms with Crippen molar-refractivity contribution in [2.45, 2.75) is 13.0 Å². The minimum Gasteiger partial charge on any atom is -0.378 e. The zero-order valence-corrected chi connectivity index (χ0v) is 9.51. The van der Waals surface area contributed by atoms with Crippen molar-refractivity contribution in [3.8, 4) is 0 Å². The summed E-state index contributed by atoms with van der Waals surface area (Å²) in [7, 11) is 1.57. The molecule has 2 aromatic heterocycles. The zero-order valence-electron chi connectivity index (χ0n) is 9.51. The summed E-state index contributed by atoms with van der Waals surface area (Å²) in [5, 5.41) is 0. The highest BCUT2D eigenvalue weighted by Crippen LogP contribution is 2.03. The Morgan fingerprint density at radius 2 is 2.35 bits per heavy atom. The Bertz CT molecular complexity index is 537. The second-order valence-corrected chi connectivity index (χ2v) is 3.65. The maximum Gasteiger partial charge on any atom is 0.251 e. The summed E-state index contributed by atoms with van der Waals surface area (Å²) in [4.78, 5) is 22.4. The fourth-order valence-electron chi connectivity index (χ4n) is 1.56. The lowest BCUT2D eigenvalue weighted by atomic mass is 10.2. The Labute approximate surface area is 98.5 Å². The van der Waals surface area contributed by atoms with Crippen LogP contribution in [0.25, 0.3) is 0 Å². The van der Waals surface area contributed by atoms with Crippen LogP contribution in [0, 0.1) is 0 Å². The summed E-state index contributed by atoms with van der Waals surface area (Å²) in [6.07, 6.45) is 4.02. The van der Waals surface area contributed by atoms with Gasteiger partial charge in [0.05, 0.1) is 12.3 Å². The molecule has 0 amide bonds. The molecule has 5 heteroatoms. The Morgan fingerprint density at radius 1 is 1.47 bits per heavy atom. The monoisotopic (exact) mass is 231 g/mol. The smallest absolute Gasteiger partial charge is 0.251 e. The van der Waals surface area contributed by atoms with Crippen molar-refractivity contribution >= 4 is 0 Å². The van der Waals surface area contributed by atoms with E-state index in [4.69, 9.17) is 4.74 Å². The number of methoxy groups -OCH3 is 1. The molecule has 0 saturated heterocycles. The number of rotatable bonds is 4. The molecule has 2 rings (SSSR count). The second-order valence-electron chi connectivity index (χ2n) is 3.65. The number of aromatic amines is 1. The standard InChI is InChI=1S/C12H13N3O2/c1-17-8-10-6-12(16)15-11(14-10)5-9-3-2-4-13-7-9/h2-4,6-7H,5,8H2,1H3,(H,14,15,16). The van der Waals surface area contributed by atoms with Gasteiger partial charge in [0.25, 0.3) is 5.56 Å². The van der Waals surface area contributed by atoms with Gasteiger partial charge in [0, 0.05) is 32.0 Å². The fraction of sp³-hybridized carbons (Fsp3) is 0.250. The van der Waals surface area contributed by atoms with E-state index in [1.54, 1.807) is 19.5 Å². The average molecular weight is 231 g/mol. The van der Waals surface area contributed by atoms with E-state index < -0.39 is 0 Å². The minimum absolute atomic E-state index is 0.161. The van der Waals surface area contributed by atoms with Crippen LogP contribution in [0.5, 0.6) is 0 Å². The Kier molecular flexibility index (Phi) is 3.62. The lowest BCUT2D eigenvalue weighted by Gasteiger charge is -2.03. The summed E-state index contributed by atoms with van der Waals surface area (Å²) in [5.74, 6) is 0.623. The highest BCUT2D eigenvalue weighted by Gasteiger charge is 2.02. The molecule has 0 spiro atoms. The quantitative estimate of drug-likeness (QED) is 0.849. The van der Waals surface area contributed by atoms with Gasteiger partial charge in [0.15, 0.2) is 0 Å². The largest absolute Gasteiger partial charge is 0.378 e. The van der Waals surface area contributed by atoms with Crippen LogP contribution >= 0.6 is 0 Å². The first-order valence-corrected chi connectivity index (χ1v) is 5.25. The maximum atomic E-state index is 11.4. The Hall–Kier alpha value is -2.01. The van der Waals surface area contributed by atoms with Crippen molar-refractivity contribution in [2.24, 2.45) is 0 Å². The zero-order chi connectivity index (χ0) is 12.1. The number of nitrogens with zero attached hydrogens (tertiary/aromatic N) is 2. The van der Waals surface area contributed by atoms with E-state index in [2.05, 4.69) is 15.0 Å². The number of nitrogens with one attached hydrogen (secondary N) is 1. The predicted octanol–water partition coefficient (Wildman–Crippen LogP) is 0.902. The van der Waals surface area contributed by atoms with Gasteiger partial charge in [-0.15, -0.1) is 0 Å². The van der Waals surface area contributed by atoms with E-state index in [0.29, 0.717) is 24.5 Å². The summed E-state index contributed by atoms with van der Waals surface area (Å²) < 4.78 is 4.96. The van der Waals surface area contributed by atoms with Crippen LogP contribution in [0.3, 0.4) is 0 Å². The van der Waals surface area contributed by atoms with Crippen molar-refractivity contribution in [3.05, 3.63) is 58.0 Å². The van der Waals surface area contributed by atoms with Crippen LogP contribution in [0.4, 0.5) is 0 Å². The van der Waals surface area contributed by atoms with Gasteiger partial charge in [0.2, 0.25) is 0 Å². The lowest BCUT2D eigenvalue weighted by Crippen LogP contribution is -2.13. The molecule has 2 aromatic rings. The molecule has 0 aliphatic carbocycles. The van der Waals surface area contributed by atoms with Crippen LogP contribution in [0.1, 0.15) is 17.1 Å². The van der Waals surface area contributed by atoms with Gasteiger partial charge in [-0.2, -0.15) is 0 Å². The van der Waals surface area contributed by atoms with E-state index in [1.807, 2.05) is 12.1 Å². The van der Waals surface area contributed by atoms with E-state index in [0.717, 1.165) is 5.56 Å². The molecule has 17 heavy (non-hydrogen) atoms. The van der Waals surface area contributed by atoms with E-state index in [-0.39, 0.29) is 5.56 Å². The molecule has 0 radical (unpaired) electrons. The van der Waals surface area contributed by atoms with Crippen LogP contribution in [0.15, 0.2) is 35.4 Å². The number of pyridine rings is 1. The summed E-state index contributed by atoms with van der Waals surface area (Å²) in [6.45, 7) is 0.337. The van der Waals surface area contributed by atoms with Crippen LogP contribution in [-0.4, -0.2) is 22.1 Å². The highest BCUT2D eigenvalue weighted by atomic mass is 16.5. The molecule has 0 unspecified atom stereocenters. The first kappa shape index (κ1) is 11.5. The van der Waals surface area contributed by atoms with Crippen molar-refractivity contribution in [3.63, 3.8) is 0 Å². The predicted molar refractivity (Wildman–Crippen MR) is 62.6 cm³/mol. The normalized spacial score (nSPS) is 10.4. The van der Waals surface area contributed by atoms with Crippen molar-refractivity contribution in [1.82, 2.24) is 15.0 Å². The molecule has 0 saturated carbocycles. The lowest BCUT2D eigenvalue weighted by molar-refractivity contribution is 0.181. The highest BCUT2D eigenvalue weighted by molar-refractivity contribution is 5.15. The van der Waals surface area contributed by atoms with Gasteiger partial charge >= 0.3 is 0 Å². The van der Waals surface area contributed by atoms with Gasteiger partial charge in [-0.05, 0) is 11.6 Å². The molecule has 0 bridgehead atoms. The first-order chi connectivity index (χ1) is 8.28. The average Bonchev–Trinajstić information content (AvgIpc) is 2.30. The van der Waals surface area contributed by atoms with Crippen molar-refractivity contribution in [1.29, 1.82) is 0 Å². The number of hydrogen-bond acceptors (Lipinski definition) is 4. The third kappa shape index (κ3) is 3.22. The molecular weight excluding hydrogens is 218 g/mol. The first-order valence-electron chi connectivity index (χ1n) is 5.25. The fourth-order valence-corrected chi connectivity index (χ4v) is 1.56. The number of hydrogen-bond donors (Lipinski definition) is 1. The van der Waals surface area contributed by atoms with Gasteiger partial charge in [-0.3, -0.25) is 9.78 Å². The second kappa shape index (κ2) is 5.36. The van der Waals surface area contributed by atoms with Crippen LogP contribution in [-0.2, 0) is 17.8 Å². The van der Waals surface area contributed by atoms with Gasteiger partial charge in [-0.25, -0.2) is 4.98 Å². The maximum absolute atomic E-state index is 11.4. The Morgan fingerprint density at radius 3 is 3.06 bits per heavy atom. The van der Waals surface area contributed by atoms with Gasteiger partial charge < -0.3 is 9.72 Å². The number of H-pyrrole nitrogens is 1. The number of aromatic nitrogens is 3. The minimum atomic E-state index is -0.161. The van der Waals surface area contributed by atoms with Crippen LogP contribution in [0.2, 0.25) is 0 Å². The van der Waals surface area contributed by atoms with Gasteiger partial charge in [0.1, 0.15) is 5.82 Å². The molecule has 1 N–H and O–H groups in total. The van der Waals surface area contributed by atoms with Gasteiger partial charge in [-0.1, -0.05) is 6.07 Å². The third-order valence-electron chi connectivity index (χ3n) is 2.23. The Balaban J connectivity index is 2.24. The molecule has 0 fully saturated rings. The number of ether oxygens (including phenoxy) is 1. The SMILES string of the molecule is COCc1cc(=O)[nH]c(Cc2cccnc2)n1. The van der Waals surface area contributed by atoms with E-state index in [1.165, 1.54) is 6.07 Å². The molecule has 0 aliphatic rings. The summed E-state index contributed by atoms with van der Waals surface area (Å²) in [6, 6.07) is 5.23. The molecule has 2 heterocycles. The van der Waals surface area contributed by atoms with E-state index in [9.17, 15) is 4.79 Å². The van der Waals surface area contributed by atoms with E-state index >= 15 is 0 Å². The molecule has 5 nitrogen and oxygen atoms in total. The third-order valence-corrected chi connectivity index (χ3v) is 2.23. The summed E-state index contributed by atoms with van der Waals surface area (Å²) in [5.41, 5.74) is 1.48. The molecule has 88 valence electrons. The van der Waals surface area contributed by atoms with Crippen molar-refractivity contribution < 1.29 is 4.74 Å². The molecule has 0 atom stereocenters. The summed E-state index contributed by atoms with van der Waals surface area (Å²) >= 11 is 0. The van der Waals surface area contributed by atoms with Crippen molar-refractivity contribution in [2.75, 3.05) is 7.11 Å². The topological polar surface area (TPSA) is 67.9 Å². The molecule has 0 aliphatic heterocycles. The molecular formula is C12H13N3O2. The van der Waals surface area contributed by atoms with Crippen LogP contribution < -0.4 is 5.56 Å².